The van der Waals surface area contributed by atoms with Gasteiger partial charge in [-0.2, -0.15) is 0 Å². The van der Waals surface area contributed by atoms with Gasteiger partial charge in [0.1, 0.15) is 5.01 Å². The lowest BCUT2D eigenvalue weighted by Crippen LogP contribution is -2.27. The number of nitrogens with one attached hydrogen (secondary N) is 1. The van der Waals surface area contributed by atoms with Crippen LogP contribution >= 0.6 is 11.3 Å². The molecule has 0 fully saturated rings. The van der Waals surface area contributed by atoms with Crippen LogP contribution in [0, 0.1) is 0 Å². The third-order valence-corrected chi connectivity index (χ3v) is 3.49. The van der Waals surface area contributed by atoms with Crippen molar-refractivity contribution < 1.29 is 4.79 Å². The summed E-state index contributed by atoms with van der Waals surface area (Å²) in [5.74, 6) is 0.115. The van der Waals surface area contributed by atoms with Gasteiger partial charge in [0.2, 0.25) is 5.91 Å². The molecule has 17 heavy (non-hydrogen) atoms. The molecule has 0 aromatic carbocycles. The molecular formula is C12H21N3OS. The number of carbonyl (C=O) groups is 1. The topological polar surface area (TPSA) is 68.0 Å². The Morgan fingerprint density at radius 3 is 2.94 bits per heavy atom. The van der Waals surface area contributed by atoms with Crippen molar-refractivity contribution in [3.05, 3.63) is 16.6 Å². The highest BCUT2D eigenvalue weighted by atomic mass is 32.1. The van der Waals surface area contributed by atoms with Crippen LogP contribution in [0.2, 0.25) is 0 Å². The number of hydrogen-bond acceptors (Lipinski definition) is 4. The van der Waals surface area contributed by atoms with Gasteiger partial charge in [0.05, 0.1) is 6.04 Å². The number of hydrogen-bond donors (Lipinski definition) is 2. The maximum atomic E-state index is 11.7. The Morgan fingerprint density at radius 1 is 1.53 bits per heavy atom. The van der Waals surface area contributed by atoms with Crippen LogP contribution in [0.4, 0.5) is 0 Å². The summed E-state index contributed by atoms with van der Waals surface area (Å²) in [7, 11) is 0. The monoisotopic (exact) mass is 255 g/mol. The molecule has 1 heterocycles. The van der Waals surface area contributed by atoms with Gasteiger partial charge in [-0.25, -0.2) is 4.98 Å². The Balaban J connectivity index is 2.28. The molecule has 96 valence electrons. The Bertz CT molecular complexity index is 314. The first-order chi connectivity index (χ1) is 8.27. The van der Waals surface area contributed by atoms with Gasteiger partial charge in [0.15, 0.2) is 0 Å². The number of thiazole rings is 1. The summed E-state index contributed by atoms with van der Waals surface area (Å²) in [5, 5.41) is 5.95. The van der Waals surface area contributed by atoms with Gasteiger partial charge in [0, 0.05) is 18.0 Å². The van der Waals surface area contributed by atoms with E-state index < -0.39 is 0 Å². The van der Waals surface area contributed by atoms with E-state index in [4.69, 9.17) is 5.73 Å². The number of amides is 1. The molecular weight excluding hydrogens is 234 g/mol. The van der Waals surface area contributed by atoms with Crippen LogP contribution < -0.4 is 11.1 Å². The smallest absolute Gasteiger partial charge is 0.220 e. The van der Waals surface area contributed by atoms with Gasteiger partial charge in [0.25, 0.3) is 0 Å². The van der Waals surface area contributed by atoms with Crippen molar-refractivity contribution in [2.75, 3.05) is 6.54 Å². The van der Waals surface area contributed by atoms with E-state index in [1.54, 1.807) is 17.5 Å². The van der Waals surface area contributed by atoms with Gasteiger partial charge in [-0.1, -0.05) is 13.3 Å². The highest BCUT2D eigenvalue weighted by Crippen LogP contribution is 2.18. The zero-order valence-corrected chi connectivity index (χ0v) is 11.1. The molecule has 0 bridgehead atoms. The van der Waals surface area contributed by atoms with E-state index in [-0.39, 0.29) is 11.9 Å². The van der Waals surface area contributed by atoms with E-state index in [2.05, 4.69) is 17.2 Å². The third-order valence-electron chi connectivity index (χ3n) is 2.60. The number of unbranched alkanes of at least 4 members (excludes halogenated alkanes) is 2. The molecule has 0 aliphatic rings. The summed E-state index contributed by atoms with van der Waals surface area (Å²) < 4.78 is 0. The maximum Gasteiger partial charge on any atom is 0.220 e. The molecule has 3 N–H and O–H groups in total. The molecule has 1 atom stereocenters. The van der Waals surface area contributed by atoms with Crippen LogP contribution in [0.3, 0.4) is 0 Å². The molecule has 4 nitrogen and oxygen atoms in total. The Kier molecular flexibility index (Phi) is 6.81. The van der Waals surface area contributed by atoms with Crippen LogP contribution in [0.25, 0.3) is 0 Å². The van der Waals surface area contributed by atoms with Gasteiger partial charge in [-0.05, 0) is 25.8 Å². The molecule has 0 saturated heterocycles. The lowest BCUT2D eigenvalue weighted by atomic mass is 10.1. The third kappa shape index (κ3) is 5.28. The Labute approximate surface area is 107 Å². The zero-order valence-electron chi connectivity index (χ0n) is 10.3. The predicted molar refractivity (Wildman–Crippen MR) is 70.8 cm³/mol. The average molecular weight is 255 g/mol. The molecule has 1 rings (SSSR count). The minimum atomic E-state index is 0.0667. The van der Waals surface area contributed by atoms with Crippen LogP contribution in [0.5, 0.6) is 0 Å². The van der Waals surface area contributed by atoms with Crippen LogP contribution in [0.15, 0.2) is 11.6 Å². The van der Waals surface area contributed by atoms with Crippen molar-refractivity contribution in [1.82, 2.24) is 10.3 Å². The Hall–Kier alpha value is -0.940. The lowest BCUT2D eigenvalue weighted by molar-refractivity contribution is -0.122. The van der Waals surface area contributed by atoms with E-state index in [9.17, 15) is 4.79 Å². The molecule has 0 spiro atoms. The first-order valence-electron chi connectivity index (χ1n) is 6.16. The van der Waals surface area contributed by atoms with E-state index >= 15 is 0 Å². The van der Waals surface area contributed by atoms with Crippen molar-refractivity contribution in [1.29, 1.82) is 0 Å². The predicted octanol–water partition coefficient (Wildman–Crippen LogP) is 2.23. The Morgan fingerprint density at radius 2 is 2.35 bits per heavy atom. The highest BCUT2D eigenvalue weighted by Gasteiger charge is 2.14. The molecule has 5 heteroatoms. The summed E-state index contributed by atoms with van der Waals surface area (Å²) in [5.41, 5.74) is 5.40. The zero-order chi connectivity index (χ0) is 12.5. The largest absolute Gasteiger partial charge is 0.347 e. The fraction of sp³-hybridized carbons (Fsp3) is 0.667. The van der Waals surface area contributed by atoms with E-state index in [0.717, 1.165) is 30.7 Å². The fourth-order valence-corrected chi connectivity index (χ4v) is 2.39. The summed E-state index contributed by atoms with van der Waals surface area (Å²) >= 11 is 1.59. The van der Waals surface area contributed by atoms with Crippen LogP contribution in [0.1, 0.15) is 50.1 Å². The van der Waals surface area contributed by atoms with E-state index in [0.29, 0.717) is 13.0 Å². The first-order valence-corrected chi connectivity index (χ1v) is 7.04. The summed E-state index contributed by atoms with van der Waals surface area (Å²) in [6.07, 6.45) is 6.17. The van der Waals surface area contributed by atoms with Crippen molar-refractivity contribution in [2.45, 2.75) is 45.1 Å². The second-order valence-electron chi connectivity index (χ2n) is 4.00. The minimum Gasteiger partial charge on any atom is -0.347 e. The lowest BCUT2D eigenvalue weighted by Gasteiger charge is -2.14. The maximum absolute atomic E-state index is 11.7. The molecule has 1 unspecified atom stereocenters. The molecule has 0 saturated carbocycles. The molecule has 1 aromatic rings. The molecule has 1 amide bonds. The minimum absolute atomic E-state index is 0.0667. The van der Waals surface area contributed by atoms with Gasteiger partial charge < -0.3 is 11.1 Å². The van der Waals surface area contributed by atoms with Crippen LogP contribution in [-0.2, 0) is 4.79 Å². The van der Waals surface area contributed by atoms with Crippen LogP contribution in [-0.4, -0.2) is 17.4 Å². The van der Waals surface area contributed by atoms with Gasteiger partial charge in [-0.3, -0.25) is 4.79 Å². The summed E-state index contributed by atoms with van der Waals surface area (Å²) in [6.45, 7) is 2.76. The molecule has 0 radical (unpaired) electrons. The van der Waals surface area contributed by atoms with Crippen molar-refractivity contribution in [2.24, 2.45) is 5.73 Å². The van der Waals surface area contributed by atoms with Gasteiger partial charge in [-0.15, -0.1) is 11.3 Å². The molecule has 1 aromatic heterocycles. The van der Waals surface area contributed by atoms with E-state index in [1.807, 2.05) is 5.38 Å². The highest BCUT2D eigenvalue weighted by molar-refractivity contribution is 7.09. The second-order valence-corrected chi connectivity index (χ2v) is 4.92. The van der Waals surface area contributed by atoms with E-state index in [1.165, 1.54) is 0 Å². The normalized spacial score (nSPS) is 12.4. The quantitative estimate of drug-likeness (QED) is 0.700. The standard InChI is InChI=1S/C12H21N3OS/c1-2-10(12-14-8-9-17-12)15-11(16)6-4-3-5-7-13/h8-10H,2-7,13H2,1H3,(H,15,16). The second kappa shape index (κ2) is 8.20. The fourth-order valence-electron chi connectivity index (χ4n) is 1.62. The number of rotatable bonds is 8. The SMILES string of the molecule is CCC(NC(=O)CCCCCN)c1nccs1. The van der Waals surface area contributed by atoms with Crippen molar-refractivity contribution >= 4 is 17.2 Å². The number of nitrogens with two attached hydrogens (primary N) is 1. The molecule has 0 aliphatic heterocycles. The number of nitrogens with zero attached hydrogens (tertiary/aromatic N) is 1. The van der Waals surface area contributed by atoms with Gasteiger partial charge >= 0.3 is 0 Å². The molecule has 0 aliphatic carbocycles. The number of aromatic nitrogens is 1. The summed E-state index contributed by atoms with van der Waals surface area (Å²) in [4.78, 5) is 15.9. The van der Waals surface area contributed by atoms with Crippen molar-refractivity contribution in [3.63, 3.8) is 0 Å². The number of carbonyl (C=O) groups excluding carboxylic acids is 1. The van der Waals surface area contributed by atoms with Crippen molar-refractivity contribution in [3.8, 4) is 0 Å². The summed E-state index contributed by atoms with van der Waals surface area (Å²) in [6, 6.07) is 0.0667. The first kappa shape index (κ1) is 14.1. The average Bonchev–Trinajstić information content (AvgIpc) is 2.85.